The van der Waals surface area contributed by atoms with Crippen LogP contribution in [0.25, 0.3) is 10.9 Å². The highest BCUT2D eigenvalue weighted by Gasteiger charge is 2.29. The van der Waals surface area contributed by atoms with E-state index in [1.165, 1.54) is 30.6 Å². The molecule has 0 saturated carbocycles. The van der Waals surface area contributed by atoms with Crippen molar-refractivity contribution < 1.29 is 23.4 Å². The van der Waals surface area contributed by atoms with Gasteiger partial charge in [0, 0.05) is 12.1 Å². The Hall–Kier alpha value is -2.82. The Labute approximate surface area is 184 Å². The standard InChI is InChI=1S/C22H22F2N4O3S/c1-32(5-2-6-32)28-14-8-15(24)21-17(9-14)25-12-26-22(21)27-16-4-3-13(23)7-19(16)31-20-11-30-10-18(20)29/h3-4,7-9,12,18,20,29H,1-2,5-6,10-11H2,(H,25,26,27)/t18-,20-/m0/s1. The van der Waals surface area contributed by atoms with E-state index in [1.54, 1.807) is 6.07 Å². The molecule has 0 aliphatic carbocycles. The summed E-state index contributed by atoms with van der Waals surface area (Å²) in [6.07, 6.45) is 0.966. The van der Waals surface area contributed by atoms with Crippen molar-refractivity contribution in [3.8, 4) is 5.75 Å². The highest BCUT2D eigenvalue weighted by molar-refractivity contribution is 8.03. The fourth-order valence-electron chi connectivity index (χ4n) is 3.69. The predicted molar refractivity (Wildman–Crippen MR) is 121 cm³/mol. The van der Waals surface area contributed by atoms with Gasteiger partial charge in [0.2, 0.25) is 0 Å². The fourth-order valence-corrected chi connectivity index (χ4v) is 5.38. The number of fused-ring (bicyclic) bond motifs is 1. The van der Waals surface area contributed by atoms with Crippen LogP contribution >= 0.6 is 0 Å². The summed E-state index contributed by atoms with van der Waals surface area (Å²) in [7, 11) is -1.30. The molecule has 2 saturated heterocycles. The van der Waals surface area contributed by atoms with Crippen LogP contribution in [0.15, 0.2) is 41.0 Å². The molecule has 2 fully saturated rings. The van der Waals surface area contributed by atoms with E-state index in [2.05, 4.69) is 25.5 Å². The summed E-state index contributed by atoms with van der Waals surface area (Å²) in [4.78, 5) is 8.39. The van der Waals surface area contributed by atoms with Crippen LogP contribution in [-0.4, -0.2) is 57.9 Å². The average Bonchev–Trinajstić information content (AvgIpc) is 3.13. The molecule has 2 aromatic carbocycles. The number of rotatable bonds is 5. The van der Waals surface area contributed by atoms with Gasteiger partial charge in [0.15, 0.2) is 6.10 Å². The number of hydrogen-bond donors (Lipinski definition) is 2. The van der Waals surface area contributed by atoms with Gasteiger partial charge in [0.25, 0.3) is 0 Å². The highest BCUT2D eigenvalue weighted by atomic mass is 32.2. The summed E-state index contributed by atoms with van der Waals surface area (Å²) in [6, 6.07) is 7.00. The number of hydrogen-bond acceptors (Lipinski definition) is 7. The third-order valence-corrected chi connectivity index (χ3v) is 8.19. The summed E-state index contributed by atoms with van der Waals surface area (Å²) in [6.45, 7) is 0.332. The predicted octanol–water partition coefficient (Wildman–Crippen LogP) is 3.59. The third-order valence-electron chi connectivity index (χ3n) is 5.50. The van der Waals surface area contributed by atoms with Crippen LogP contribution in [0.1, 0.15) is 6.42 Å². The first kappa shape index (κ1) is 21.0. The molecule has 168 valence electrons. The number of ether oxygens (including phenoxy) is 2. The normalized spacial score (nSPS) is 21.8. The van der Waals surface area contributed by atoms with Gasteiger partial charge in [-0.15, -0.1) is 9.41 Å². The molecule has 2 N–H and O–H groups in total. The summed E-state index contributed by atoms with van der Waals surface area (Å²) >= 11 is 0. The van der Waals surface area contributed by atoms with E-state index in [-0.39, 0.29) is 30.2 Å². The lowest BCUT2D eigenvalue weighted by Gasteiger charge is -2.24. The molecule has 0 unspecified atom stereocenters. The van der Waals surface area contributed by atoms with Crippen LogP contribution < -0.4 is 10.1 Å². The Morgan fingerprint density at radius 1 is 1.19 bits per heavy atom. The molecular formula is C22H22F2N4O3S. The molecule has 3 aromatic rings. The van der Waals surface area contributed by atoms with Crippen molar-refractivity contribution in [3.63, 3.8) is 0 Å². The maximum atomic E-state index is 15.1. The van der Waals surface area contributed by atoms with Gasteiger partial charge in [0.1, 0.15) is 35.6 Å². The van der Waals surface area contributed by atoms with Gasteiger partial charge in [-0.3, -0.25) is 0 Å². The molecule has 2 aliphatic heterocycles. The number of nitrogens with zero attached hydrogens (tertiary/aromatic N) is 3. The molecule has 2 atom stereocenters. The van der Waals surface area contributed by atoms with E-state index < -0.39 is 33.3 Å². The Morgan fingerprint density at radius 2 is 2.03 bits per heavy atom. The van der Waals surface area contributed by atoms with Crippen LogP contribution in [0.2, 0.25) is 0 Å². The van der Waals surface area contributed by atoms with Crippen LogP contribution in [0, 0.1) is 11.6 Å². The van der Waals surface area contributed by atoms with Crippen molar-refractivity contribution >= 4 is 43.4 Å². The Kier molecular flexibility index (Phi) is 5.44. The zero-order valence-corrected chi connectivity index (χ0v) is 17.9. The quantitative estimate of drug-likeness (QED) is 0.566. The minimum absolute atomic E-state index is 0.147. The minimum atomic E-state index is -1.30. The number of aliphatic hydroxyl groups is 1. The second kappa shape index (κ2) is 8.27. The molecule has 0 radical (unpaired) electrons. The van der Waals surface area contributed by atoms with Gasteiger partial charge < -0.3 is 19.9 Å². The topological polar surface area (TPSA) is 88.9 Å². The number of anilines is 2. The Balaban J connectivity index is 1.51. The summed E-state index contributed by atoms with van der Waals surface area (Å²) < 4.78 is 44.6. The van der Waals surface area contributed by atoms with Gasteiger partial charge >= 0.3 is 0 Å². The number of aliphatic hydroxyl groups excluding tert-OH is 1. The second-order valence-corrected chi connectivity index (χ2v) is 10.9. The molecule has 3 heterocycles. The van der Waals surface area contributed by atoms with Crippen molar-refractivity contribution in [2.45, 2.75) is 18.6 Å². The van der Waals surface area contributed by atoms with Crippen molar-refractivity contribution in [2.75, 3.05) is 30.0 Å². The monoisotopic (exact) mass is 460 g/mol. The largest absolute Gasteiger partial charge is 0.483 e. The maximum absolute atomic E-state index is 15.1. The van der Waals surface area contributed by atoms with E-state index in [0.29, 0.717) is 16.9 Å². The molecule has 0 bridgehead atoms. The molecule has 32 heavy (non-hydrogen) atoms. The number of halogens is 2. The third kappa shape index (κ3) is 4.13. The van der Waals surface area contributed by atoms with Crippen LogP contribution in [-0.2, 0) is 14.2 Å². The van der Waals surface area contributed by atoms with E-state index in [4.69, 9.17) is 9.47 Å². The Morgan fingerprint density at radius 3 is 2.75 bits per heavy atom. The molecular weight excluding hydrogens is 438 g/mol. The molecule has 7 nitrogen and oxygen atoms in total. The second-order valence-electron chi connectivity index (χ2n) is 7.92. The SMILES string of the molecule is C=S1(=Nc2cc(F)c3c(Nc4ccc(F)cc4O[C@H]4COC[C@@H]4O)ncnc3c2)CCC1. The van der Waals surface area contributed by atoms with E-state index in [0.717, 1.165) is 17.9 Å². The highest BCUT2D eigenvalue weighted by Crippen LogP contribution is 2.34. The average molecular weight is 461 g/mol. The van der Waals surface area contributed by atoms with Gasteiger partial charge in [-0.05, 0) is 36.1 Å². The molecule has 2 aliphatic rings. The van der Waals surface area contributed by atoms with E-state index in [9.17, 15) is 9.50 Å². The van der Waals surface area contributed by atoms with Crippen molar-refractivity contribution in [3.05, 3.63) is 48.3 Å². The first-order valence-corrected chi connectivity index (χ1v) is 12.3. The fraction of sp³-hybridized carbons (Fsp3) is 0.318. The van der Waals surface area contributed by atoms with Gasteiger partial charge in [-0.2, -0.15) is 0 Å². The van der Waals surface area contributed by atoms with Gasteiger partial charge in [-0.1, -0.05) is 5.87 Å². The van der Waals surface area contributed by atoms with Crippen LogP contribution in [0.4, 0.5) is 26.0 Å². The number of nitrogens with one attached hydrogen (secondary N) is 1. The van der Waals surface area contributed by atoms with Crippen LogP contribution in [0.5, 0.6) is 5.75 Å². The zero-order valence-electron chi connectivity index (χ0n) is 17.1. The molecule has 5 rings (SSSR count). The number of aromatic nitrogens is 2. The molecule has 1 aromatic heterocycles. The van der Waals surface area contributed by atoms with Crippen molar-refractivity contribution in [1.82, 2.24) is 9.97 Å². The van der Waals surface area contributed by atoms with Crippen LogP contribution in [0.3, 0.4) is 0 Å². The minimum Gasteiger partial charge on any atom is -0.483 e. The zero-order chi connectivity index (χ0) is 22.3. The lowest BCUT2D eigenvalue weighted by molar-refractivity contribution is 0.0736. The van der Waals surface area contributed by atoms with E-state index in [1.807, 2.05) is 0 Å². The first-order chi connectivity index (χ1) is 15.4. The summed E-state index contributed by atoms with van der Waals surface area (Å²) in [5.41, 5.74) is 1.28. The molecule has 0 amide bonds. The first-order valence-electron chi connectivity index (χ1n) is 10.2. The summed E-state index contributed by atoms with van der Waals surface area (Å²) in [5.74, 6) is 5.45. The van der Waals surface area contributed by atoms with Gasteiger partial charge in [0.05, 0.1) is 35.5 Å². The lowest BCUT2D eigenvalue weighted by Crippen LogP contribution is -2.30. The smallest absolute Gasteiger partial charge is 0.150 e. The number of benzene rings is 2. The molecule has 0 spiro atoms. The maximum Gasteiger partial charge on any atom is 0.150 e. The Bertz CT molecular complexity index is 1300. The summed E-state index contributed by atoms with van der Waals surface area (Å²) in [5, 5.41) is 13.2. The van der Waals surface area contributed by atoms with Crippen molar-refractivity contribution in [2.24, 2.45) is 4.36 Å². The molecule has 10 heteroatoms. The van der Waals surface area contributed by atoms with E-state index >= 15 is 4.39 Å². The van der Waals surface area contributed by atoms with Crippen molar-refractivity contribution in [1.29, 1.82) is 0 Å². The lowest BCUT2D eigenvalue weighted by atomic mass is 10.2. The van der Waals surface area contributed by atoms with Gasteiger partial charge in [-0.25, -0.2) is 23.1 Å².